The average molecular weight is 394 g/mol. The number of carbonyl (C=O) groups is 2. The van der Waals surface area contributed by atoms with Crippen molar-refractivity contribution in [1.29, 1.82) is 0 Å². The Morgan fingerprint density at radius 1 is 1.15 bits per heavy atom. The highest BCUT2D eigenvalue weighted by molar-refractivity contribution is 7.87. The molecule has 4 rings (SSSR count). The van der Waals surface area contributed by atoms with Crippen molar-refractivity contribution in [2.24, 2.45) is 17.8 Å². The van der Waals surface area contributed by atoms with Crippen LogP contribution in [0.3, 0.4) is 0 Å². The standard InChI is InChI=1S/C19H22O7S/c1-10(20)24-15-12-9-13-16(15)26-27(22,23)17(13)14(12)18(21)25-19(2,3)11-7-5-4-6-8-11/h4-8,12-17H,9H2,1-3H3. The lowest BCUT2D eigenvalue weighted by molar-refractivity contribution is -0.171. The molecule has 1 saturated heterocycles. The van der Waals surface area contributed by atoms with E-state index in [2.05, 4.69) is 0 Å². The van der Waals surface area contributed by atoms with Crippen LogP contribution in [0.2, 0.25) is 0 Å². The van der Waals surface area contributed by atoms with E-state index >= 15 is 0 Å². The van der Waals surface area contributed by atoms with Gasteiger partial charge in [-0.05, 0) is 25.8 Å². The van der Waals surface area contributed by atoms with E-state index in [1.165, 1.54) is 6.92 Å². The molecule has 1 heterocycles. The lowest BCUT2D eigenvalue weighted by atomic mass is 9.84. The largest absolute Gasteiger partial charge is 0.459 e. The van der Waals surface area contributed by atoms with Gasteiger partial charge in [-0.2, -0.15) is 8.42 Å². The minimum atomic E-state index is -3.91. The van der Waals surface area contributed by atoms with Crippen molar-refractivity contribution in [3.05, 3.63) is 35.9 Å². The van der Waals surface area contributed by atoms with Gasteiger partial charge in [0, 0.05) is 18.8 Å². The summed E-state index contributed by atoms with van der Waals surface area (Å²) in [5.74, 6) is -2.77. The molecule has 0 N–H and O–H groups in total. The Morgan fingerprint density at radius 2 is 1.81 bits per heavy atom. The first-order valence-electron chi connectivity index (χ1n) is 8.99. The second-order valence-electron chi connectivity index (χ2n) is 7.98. The van der Waals surface area contributed by atoms with Crippen LogP contribution in [-0.2, 0) is 39.0 Å². The van der Waals surface area contributed by atoms with Crippen molar-refractivity contribution in [1.82, 2.24) is 0 Å². The molecule has 3 fully saturated rings. The Hall–Kier alpha value is -1.93. The van der Waals surface area contributed by atoms with Crippen LogP contribution in [0.1, 0.15) is 32.8 Å². The predicted octanol–water partition coefficient (Wildman–Crippen LogP) is 1.76. The Bertz CT molecular complexity index is 877. The highest BCUT2D eigenvalue weighted by Crippen LogP contribution is 2.59. The zero-order valence-corrected chi connectivity index (χ0v) is 16.1. The van der Waals surface area contributed by atoms with Crippen molar-refractivity contribution >= 4 is 22.1 Å². The summed E-state index contributed by atoms with van der Waals surface area (Å²) in [5, 5.41) is -0.932. The molecular weight excluding hydrogens is 372 g/mol. The van der Waals surface area contributed by atoms with E-state index in [1.54, 1.807) is 13.8 Å². The normalized spacial score (nSPS) is 35.8. The number of rotatable bonds is 4. The Kier molecular flexibility index (Phi) is 4.12. The summed E-state index contributed by atoms with van der Waals surface area (Å²) in [7, 11) is -3.91. The molecule has 2 aliphatic carbocycles. The summed E-state index contributed by atoms with van der Waals surface area (Å²) in [4.78, 5) is 24.5. The van der Waals surface area contributed by atoms with E-state index in [-0.39, 0.29) is 5.92 Å². The molecular formula is C19H22O7S. The summed E-state index contributed by atoms with van der Waals surface area (Å²) in [6.07, 6.45) is -0.962. The van der Waals surface area contributed by atoms with E-state index in [4.69, 9.17) is 13.7 Å². The van der Waals surface area contributed by atoms with E-state index in [1.807, 2.05) is 30.3 Å². The lowest BCUT2D eigenvalue weighted by Crippen LogP contribution is -2.47. The average Bonchev–Trinajstić information content (AvgIpc) is 3.17. The summed E-state index contributed by atoms with van der Waals surface area (Å²) in [6, 6.07) is 9.25. The number of fused-ring (bicyclic) bond motifs is 1. The zero-order chi connectivity index (χ0) is 19.6. The molecule has 8 heteroatoms. The fourth-order valence-corrected chi connectivity index (χ4v) is 6.92. The summed E-state index contributed by atoms with van der Waals surface area (Å²) >= 11 is 0. The highest BCUT2D eigenvalue weighted by Gasteiger charge is 2.72. The maximum absolute atomic E-state index is 13.0. The molecule has 0 radical (unpaired) electrons. The molecule has 0 aromatic heterocycles. The second kappa shape index (κ2) is 6.04. The molecule has 27 heavy (non-hydrogen) atoms. The third-order valence-electron chi connectivity index (χ3n) is 5.93. The van der Waals surface area contributed by atoms with Crippen molar-refractivity contribution in [2.75, 3.05) is 0 Å². The van der Waals surface area contributed by atoms with Gasteiger partial charge in [0.15, 0.2) is 0 Å². The molecule has 7 nitrogen and oxygen atoms in total. The second-order valence-corrected chi connectivity index (χ2v) is 9.70. The molecule has 6 unspecified atom stereocenters. The molecule has 1 aromatic rings. The first-order valence-corrected chi connectivity index (χ1v) is 10.5. The fourth-order valence-electron chi connectivity index (χ4n) is 4.86. The first-order chi connectivity index (χ1) is 12.6. The van der Waals surface area contributed by atoms with Crippen molar-refractivity contribution in [3.8, 4) is 0 Å². The Labute approximate surface area is 158 Å². The summed E-state index contributed by atoms with van der Waals surface area (Å²) < 4.78 is 41.3. The van der Waals surface area contributed by atoms with Gasteiger partial charge in [-0.15, -0.1) is 0 Å². The molecule has 0 spiro atoms. The van der Waals surface area contributed by atoms with Crippen LogP contribution in [0.15, 0.2) is 30.3 Å². The van der Waals surface area contributed by atoms with Gasteiger partial charge in [0.05, 0.1) is 5.92 Å². The van der Waals surface area contributed by atoms with Crippen LogP contribution in [0.4, 0.5) is 0 Å². The van der Waals surface area contributed by atoms with E-state index < -0.39 is 57.0 Å². The summed E-state index contributed by atoms with van der Waals surface area (Å²) in [5.41, 5.74) is -0.110. The minimum Gasteiger partial charge on any atom is -0.459 e. The SMILES string of the molecule is CC(=O)OC1C2CC3C1OS(=O)(=O)C3C2C(=O)OC(C)(C)c1ccccc1. The van der Waals surface area contributed by atoms with Crippen molar-refractivity contribution in [2.45, 2.75) is 50.3 Å². The van der Waals surface area contributed by atoms with Gasteiger partial charge >= 0.3 is 11.9 Å². The molecule has 1 aliphatic heterocycles. The predicted molar refractivity (Wildman–Crippen MR) is 93.8 cm³/mol. The molecule has 3 aliphatic rings. The van der Waals surface area contributed by atoms with Gasteiger partial charge in [0.2, 0.25) is 0 Å². The van der Waals surface area contributed by atoms with Crippen LogP contribution >= 0.6 is 0 Å². The van der Waals surface area contributed by atoms with Crippen LogP contribution in [0.25, 0.3) is 0 Å². The minimum absolute atomic E-state index is 0.346. The number of ether oxygens (including phenoxy) is 2. The third-order valence-corrected chi connectivity index (χ3v) is 7.73. The lowest BCUT2D eigenvalue weighted by Gasteiger charge is -2.33. The van der Waals surface area contributed by atoms with Gasteiger partial charge in [-0.1, -0.05) is 30.3 Å². The van der Waals surface area contributed by atoms with Crippen LogP contribution < -0.4 is 0 Å². The smallest absolute Gasteiger partial charge is 0.311 e. The van der Waals surface area contributed by atoms with Crippen molar-refractivity contribution in [3.63, 3.8) is 0 Å². The van der Waals surface area contributed by atoms with Crippen LogP contribution in [0.5, 0.6) is 0 Å². The number of hydrogen-bond acceptors (Lipinski definition) is 7. The van der Waals surface area contributed by atoms with E-state index in [9.17, 15) is 18.0 Å². The van der Waals surface area contributed by atoms with Crippen LogP contribution in [-0.4, -0.2) is 37.8 Å². The first kappa shape index (κ1) is 18.4. The zero-order valence-electron chi connectivity index (χ0n) is 15.3. The van der Waals surface area contributed by atoms with E-state index in [0.717, 1.165) is 5.56 Å². The van der Waals surface area contributed by atoms with Gasteiger partial charge in [0.1, 0.15) is 23.1 Å². The van der Waals surface area contributed by atoms with Crippen LogP contribution in [0, 0.1) is 17.8 Å². The maximum atomic E-state index is 13.0. The molecule has 0 amide bonds. The van der Waals surface area contributed by atoms with Gasteiger partial charge in [-0.25, -0.2) is 0 Å². The van der Waals surface area contributed by atoms with Gasteiger partial charge < -0.3 is 9.47 Å². The van der Waals surface area contributed by atoms with Gasteiger partial charge in [0.25, 0.3) is 10.1 Å². The quantitative estimate of drug-likeness (QED) is 0.567. The Balaban J connectivity index is 1.63. The topological polar surface area (TPSA) is 96.0 Å². The molecule has 2 bridgehead atoms. The molecule has 1 aromatic carbocycles. The summed E-state index contributed by atoms with van der Waals surface area (Å²) in [6.45, 7) is 4.79. The third kappa shape index (κ3) is 2.86. The number of benzene rings is 1. The maximum Gasteiger partial charge on any atom is 0.311 e. The molecule has 146 valence electrons. The number of carbonyl (C=O) groups excluding carboxylic acids is 2. The van der Waals surface area contributed by atoms with E-state index in [0.29, 0.717) is 6.42 Å². The number of hydrogen-bond donors (Lipinski definition) is 0. The Morgan fingerprint density at radius 3 is 2.44 bits per heavy atom. The van der Waals surface area contributed by atoms with Crippen molar-refractivity contribution < 1.29 is 31.7 Å². The molecule has 6 atom stereocenters. The number of esters is 2. The fraction of sp³-hybridized carbons (Fsp3) is 0.579. The van der Waals surface area contributed by atoms with Gasteiger partial charge in [-0.3, -0.25) is 13.8 Å². The highest BCUT2D eigenvalue weighted by atomic mass is 32.2. The monoisotopic (exact) mass is 394 g/mol. The molecule has 2 saturated carbocycles.